The molecule has 1 N–H and O–H groups in total. The van der Waals surface area contributed by atoms with Crippen molar-refractivity contribution in [2.75, 3.05) is 0 Å². The van der Waals surface area contributed by atoms with Gasteiger partial charge < -0.3 is 5.32 Å². The minimum atomic E-state index is -1.50. The van der Waals surface area contributed by atoms with Crippen molar-refractivity contribution in [3.8, 4) is 0 Å². The SMILES string of the molecule is CCC(C)(C)C(=O)NCc1cc(F)c(F)c(F)c1. The van der Waals surface area contributed by atoms with Crippen LogP contribution in [0.4, 0.5) is 13.2 Å². The molecule has 1 amide bonds. The van der Waals surface area contributed by atoms with E-state index in [-0.39, 0.29) is 18.0 Å². The number of halogens is 3. The number of hydrogen-bond donors (Lipinski definition) is 1. The predicted molar refractivity (Wildman–Crippen MR) is 62.2 cm³/mol. The first-order valence-corrected chi connectivity index (χ1v) is 5.69. The van der Waals surface area contributed by atoms with Crippen LogP contribution in [0.5, 0.6) is 0 Å². The minimum Gasteiger partial charge on any atom is -0.352 e. The fraction of sp³-hybridized carbons (Fsp3) is 0.462. The smallest absolute Gasteiger partial charge is 0.225 e. The first-order chi connectivity index (χ1) is 8.27. The van der Waals surface area contributed by atoms with Crippen molar-refractivity contribution >= 4 is 5.91 Å². The lowest BCUT2D eigenvalue weighted by Gasteiger charge is -2.21. The van der Waals surface area contributed by atoms with Gasteiger partial charge in [0.15, 0.2) is 17.5 Å². The Morgan fingerprint density at radius 3 is 2.17 bits per heavy atom. The van der Waals surface area contributed by atoms with E-state index in [1.54, 1.807) is 13.8 Å². The van der Waals surface area contributed by atoms with Crippen LogP contribution in [0.2, 0.25) is 0 Å². The molecule has 0 saturated heterocycles. The molecule has 1 aromatic carbocycles. The third-order valence-electron chi connectivity index (χ3n) is 3.00. The van der Waals surface area contributed by atoms with E-state index in [4.69, 9.17) is 0 Å². The summed E-state index contributed by atoms with van der Waals surface area (Å²) in [4.78, 5) is 11.7. The van der Waals surface area contributed by atoms with E-state index in [0.717, 1.165) is 12.1 Å². The highest BCUT2D eigenvalue weighted by Crippen LogP contribution is 2.20. The Morgan fingerprint density at radius 2 is 1.72 bits per heavy atom. The van der Waals surface area contributed by atoms with Gasteiger partial charge in [0.05, 0.1) is 0 Å². The molecule has 0 aromatic heterocycles. The summed E-state index contributed by atoms with van der Waals surface area (Å²) < 4.78 is 38.6. The number of carbonyl (C=O) groups is 1. The summed E-state index contributed by atoms with van der Waals surface area (Å²) in [5, 5.41) is 2.57. The van der Waals surface area contributed by atoms with E-state index in [9.17, 15) is 18.0 Å². The molecule has 5 heteroatoms. The minimum absolute atomic E-state index is 0.0314. The summed E-state index contributed by atoms with van der Waals surface area (Å²) in [6, 6.07) is 1.75. The molecule has 0 unspecified atom stereocenters. The summed E-state index contributed by atoms with van der Waals surface area (Å²) in [7, 11) is 0. The van der Waals surface area contributed by atoms with Crippen LogP contribution in [0.25, 0.3) is 0 Å². The number of carbonyl (C=O) groups excluding carboxylic acids is 1. The van der Waals surface area contributed by atoms with Crippen LogP contribution in [0.3, 0.4) is 0 Å². The summed E-state index contributed by atoms with van der Waals surface area (Å²) in [6.07, 6.45) is 0.644. The van der Waals surface area contributed by atoms with Crippen LogP contribution in [-0.4, -0.2) is 5.91 Å². The maximum Gasteiger partial charge on any atom is 0.225 e. The number of benzene rings is 1. The molecule has 1 rings (SSSR count). The van der Waals surface area contributed by atoms with Crippen LogP contribution in [0.1, 0.15) is 32.8 Å². The number of nitrogens with one attached hydrogen (secondary N) is 1. The van der Waals surface area contributed by atoms with Crippen LogP contribution < -0.4 is 5.32 Å². The van der Waals surface area contributed by atoms with Gasteiger partial charge >= 0.3 is 0 Å². The van der Waals surface area contributed by atoms with Crippen LogP contribution in [-0.2, 0) is 11.3 Å². The molecular weight excluding hydrogens is 243 g/mol. The van der Waals surface area contributed by atoms with Crippen molar-refractivity contribution in [1.29, 1.82) is 0 Å². The summed E-state index contributed by atoms with van der Waals surface area (Å²) in [5.74, 6) is -4.22. The third-order valence-corrected chi connectivity index (χ3v) is 3.00. The Morgan fingerprint density at radius 1 is 1.22 bits per heavy atom. The van der Waals surface area contributed by atoms with E-state index >= 15 is 0 Å². The Bertz CT molecular complexity index is 435. The molecule has 18 heavy (non-hydrogen) atoms. The molecule has 0 saturated carbocycles. The number of amides is 1. The van der Waals surface area contributed by atoms with Gasteiger partial charge in [-0.3, -0.25) is 4.79 Å². The largest absolute Gasteiger partial charge is 0.352 e. The lowest BCUT2D eigenvalue weighted by molar-refractivity contribution is -0.129. The molecule has 0 radical (unpaired) electrons. The summed E-state index contributed by atoms with van der Waals surface area (Å²) >= 11 is 0. The van der Waals surface area contributed by atoms with Gasteiger partial charge in [0.1, 0.15) is 0 Å². The monoisotopic (exact) mass is 259 g/mol. The zero-order valence-electron chi connectivity index (χ0n) is 10.6. The van der Waals surface area contributed by atoms with E-state index in [2.05, 4.69) is 5.32 Å². The second-order valence-corrected chi connectivity index (χ2v) is 4.79. The van der Waals surface area contributed by atoms with Crippen molar-refractivity contribution < 1.29 is 18.0 Å². The third kappa shape index (κ3) is 3.24. The fourth-order valence-electron chi connectivity index (χ4n) is 1.29. The maximum atomic E-state index is 12.9. The van der Waals surface area contributed by atoms with Crippen molar-refractivity contribution in [1.82, 2.24) is 5.32 Å². The maximum absolute atomic E-state index is 12.9. The standard InChI is InChI=1S/C13H16F3NO/c1-4-13(2,3)12(18)17-7-8-5-9(14)11(16)10(15)6-8/h5-6H,4,7H2,1-3H3,(H,17,18). The molecule has 0 aliphatic heterocycles. The Balaban J connectivity index is 2.73. The van der Waals surface area contributed by atoms with Gasteiger partial charge in [0.2, 0.25) is 5.91 Å². The van der Waals surface area contributed by atoms with Crippen molar-refractivity contribution in [2.45, 2.75) is 33.7 Å². The quantitative estimate of drug-likeness (QED) is 0.827. The Kier molecular flexibility index (Phi) is 4.38. The second kappa shape index (κ2) is 5.42. The highest BCUT2D eigenvalue weighted by Gasteiger charge is 2.24. The van der Waals surface area contributed by atoms with Gasteiger partial charge in [-0.1, -0.05) is 20.8 Å². The van der Waals surface area contributed by atoms with Gasteiger partial charge in [0.25, 0.3) is 0 Å². The predicted octanol–water partition coefficient (Wildman–Crippen LogP) is 3.16. The van der Waals surface area contributed by atoms with E-state index in [1.165, 1.54) is 0 Å². The van der Waals surface area contributed by atoms with E-state index in [0.29, 0.717) is 6.42 Å². The molecule has 0 heterocycles. The van der Waals surface area contributed by atoms with Crippen molar-refractivity contribution in [2.24, 2.45) is 5.41 Å². The molecule has 0 atom stereocenters. The highest BCUT2D eigenvalue weighted by atomic mass is 19.2. The molecule has 0 spiro atoms. The lowest BCUT2D eigenvalue weighted by atomic mass is 9.89. The zero-order valence-corrected chi connectivity index (χ0v) is 10.6. The van der Waals surface area contributed by atoms with Crippen LogP contribution in [0.15, 0.2) is 12.1 Å². The average molecular weight is 259 g/mol. The number of rotatable bonds is 4. The van der Waals surface area contributed by atoms with Gasteiger partial charge in [-0.25, -0.2) is 13.2 Å². The topological polar surface area (TPSA) is 29.1 Å². The molecule has 1 aromatic rings. The zero-order chi connectivity index (χ0) is 13.9. The van der Waals surface area contributed by atoms with Gasteiger partial charge in [-0.15, -0.1) is 0 Å². The average Bonchev–Trinajstić information content (AvgIpc) is 2.32. The molecule has 0 bridgehead atoms. The molecule has 2 nitrogen and oxygen atoms in total. The van der Waals surface area contributed by atoms with E-state index in [1.807, 2.05) is 6.92 Å². The molecule has 0 aliphatic rings. The Hall–Kier alpha value is -1.52. The number of hydrogen-bond acceptors (Lipinski definition) is 1. The van der Waals surface area contributed by atoms with E-state index < -0.39 is 22.9 Å². The highest BCUT2D eigenvalue weighted by molar-refractivity contribution is 5.81. The molecular formula is C13H16F3NO. The molecule has 0 aliphatic carbocycles. The fourth-order valence-corrected chi connectivity index (χ4v) is 1.29. The second-order valence-electron chi connectivity index (χ2n) is 4.79. The molecule has 0 fully saturated rings. The summed E-state index contributed by atoms with van der Waals surface area (Å²) in [6.45, 7) is 5.38. The normalized spacial score (nSPS) is 11.4. The van der Waals surface area contributed by atoms with Gasteiger partial charge in [-0.2, -0.15) is 0 Å². The first-order valence-electron chi connectivity index (χ1n) is 5.69. The van der Waals surface area contributed by atoms with Crippen molar-refractivity contribution in [3.63, 3.8) is 0 Å². The Labute approximate surface area is 104 Å². The van der Waals surface area contributed by atoms with Crippen LogP contribution >= 0.6 is 0 Å². The van der Waals surface area contributed by atoms with Crippen molar-refractivity contribution in [3.05, 3.63) is 35.1 Å². The summed E-state index contributed by atoms with van der Waals surface area (Å²) in [5.41, 5.74) is -0.358. The van der Waals surface area contributed by atoms with Crippen LogP contribution in [0, 0.1) is 22.9 Å². The first kappa shape index (κ1) is 14.5. The van der Waals surface area contributed by atoms with Gasteiger partial charge in [-0.05, 0) is 24.1 Å². The lowest BCUT2D eigenvalue weighted by Crippen LogP contribution is -2.36. The molecule has 100 valence electrons. The van der Waals surface area contributed by atoms with Gasteiger partial charge in [0, 0.05) is 12.0 Å².